The fraction of sp³-hybridized carbons (Fsp3) is 0.333. The number of thiocarbonyl (C=S) groups is 1. The molecule has 1 aromatic carbocycles. The van der Waals surface area contributed by atoms with E-state index in [1.165, 1.54) is 5.56 Å². The maximum Gasteiger partial charge on any atom is 0.227 e. The second-order valence-corrected chi connectivity index (χ2v) is 9.51. The van der Waals surface area contributed by atoms with E-state index in [2.05, 4.69) is 43.5 Å². The van der Waals surface area contributed by atoms with Crippen LogP contribution in [0.1, 0.15) is 11.1 Å². The molecule has 2 aliphatic rings. The van der Waals surface area contributed by atoms with Crippen molar-refractivity contribution in [1.82, 2.24) is 24.8 Å². The number of hydrogen-bond acceptors (Lipinski definition) is 7. The van der Waals surface area contributed by atoms with Gasteiger partial charge in [0.2, 0.25) is 5.95 Å². The van der Waals surface area contributed by atoms with Gasteiger partial charge in [-0.3, -0.25) is 4.98 Å². The predicted octanol–water partition coefficient (Wildman–Crippen LogP) is 4.02. The number of hydrogen-bond donors (Lipinski definition) is 2. The molecule has 7 nitrogen and oxygen atoms in total. The van der Waals surface area contributed by atoms with Crippen LogP contribution in [0.3, 0.4) is 0 Å². The Morgan fingerprint density at radius 2 is 1.97 bits per heavy atom. The van der Waals surface area contributed by atoms with Crippen molar-refractivity contribution in [2.24, 2.45) is 0 Å². The molecule has 33 heavy (non-hydrogen) atoms. The van der Waals surface area contributed by atoms with E-state index in [9.17, 15) is 0 Å². The number of likely N-dealkylation sites (N-methyl/N-ethyl adjacent to an activating group) is 1. The van der Waals surface area contributed by atoms with Gasteiger partial charge in [-0.1, -0.05) is 23.8 Å². The SMILES string of the molecule is CN1CCN(CCc2cncc(Nc3ncc4c(n3)-c3ccc(Cl)cc3NC(=S)C4)c2)CC1. The Balaban J connectivity index is 1.33. The molecular formula is C24H26ClN7S. The van der Waals surface area contributed by atoms with Gasteiger partial charge < -0.3 is 20.4 Å². The zero-order valence-electron chi connectivity index (χ0n) is 18.5. The normalized spacial score (nSPS) is 16.5. The quantitative estimate of drug-likeness (QED) is 0.532. The summed E-state index contributed by atoms with van der Waals surface area (Å²) in [4.78, 5) is 19.4. The molecule has 0 bridgehead atoms. The largest absolute Gasteiger partial charge is 0.349 e. The summed E-state index contributed by atoms with van der Waals surface area (Å²) in [6.07, 6.45) is 7.13. The molecule has 2 aromatic heterocycles. The highest BCUT2D eigenvalue weighted by atomic mass is 35.5. The van der Waals surface area contributed by atoms with Gasteiger partial charge in [0.15, 0.2) is 0 Å². The number of anilines is 3. The van der Waals surface area contributed by atoms with Gasteiger partial charge in [-0.2, -0.15) is 0 Å². The monoisotopic (exact) mass is 479 g/mol. The minimum Gasteiger partial charge on any atom is -0.349 e. The van der Waals surface area contributed by atoms with Crippen molar-refractivity contribution in [2.75, 3.05) is 50.4 Å². The molecule has 0 unspecified atom stereocenters. The summed E-state index contributed by atoms with van der Waals surface area (Å²) in [5, 5.41) is 7.25. The van der Waals surface area contributed by atoms with Crippen molar-refractivity contribution >= 4 is 46.1 Å². The highest BCUT2D eigenvalue weighted by Crippen LogP contribution is 2.35. The van der Waals surface area contributed by atoms with Gasteiger partial charge in [-0.25, -0.2) is 9.97 Å². The number of benzene rings is 1. The Morgan fingerprint density at radius 1 is 1.12 bits per heavy atom. The minimum atomic E-state index is 0.528. The van der Waals surface area contributed by atoms with Crippen LogP contribution >= 0.6 is 23.8 Å². The van der Waals surface area contributed by atoms with Gasteiger partial charge in [-0.15, -0.1) is 0 Å². The van der Waals surface area contributed by atoms with Crippen molar-refractivity contribution in [3.8, 4) is 11.3 Å². The molecule has 5 rings (SSSR count). The van der Waals surface area contributed by atoms with Crippen LogP contribution in [0.15, 0.2) is 42.9 Å². The molecule has 1 fully saturated rings. The summed E-state index contributed by atoms with van der Waals surface area (Å²) in [7, 11) is 2.18. The number of fused-ring (bicyclic) bond motifs is 3. The van der Waals surface area contributed by atoms with Gasteiger partial charge in [0.25, 0.3) is 0 Å². The molecule has 2 N–H and O–H groups in total. The van der Waals surface area contributed by atoms with Crippen molar-refractivity contribution in [1.29, 1.82) is 0 Å². The third-order valence-corrected chi connectivity index (χ3v) is 6.57. The molecule has 0 radical (unpaired) electrons. The van der Waals surface area contributed by atoms with E-state index in [1.54, 1.807) is 6.20 Å². The number of nitrogens with zero attached hydrogens (tertiary/aromatic N) is 5. The second-order valence-electron chi connectivity index (χ2n) is 8.58. The van der Waals surface area contributed by atoms with Crippen LogP contribution in [0, 0.1) is 0 Å². The van der Waals surface area contributed by atoms with Gasteiger partial charge in [0, 0.05) is 73.4 Å². The zero-order valence-corrected chi connectivity index (χ0v) is 20.1. The number of pyridine rings is 1. The van der Waals surface area contributed by atoms with Gasteiger partial charge in [-0.05, 0) is 43.3 Å². The Labute approximate surface area is 204 Å². The lowest BCUT2D eigenvalue weighted by molar-refractivity contribution is 0.155. The van der Waals surface area contributed by atoms with Crippen molar-refractivity contribution in [3.63, 3.8) is 0 Å². The minimum absolute atomic E-state index is 0.528. The number of nitrogens with one attached hydrogen (secondary N) is 2. The molecule has 0 saturated carbocycles. The van der Waals surface area contributed by atoms with E-state index in [0.29, 0.717) is 17.4 Å². The van der Waals surface area contributed by atoms with Crippen LogP contribution < -0.4 is 10.6 Å². The van der Waals surface area contributed by atoms with Gasteiger partial charge in [0.05, 0.1) is 22.6 Å². The number of halogens is 1. The van der Waals surface area contributed by atoms with Crippen LogP contribution in [0.2, 0.25) is 5.02 Å². The Hall–Kier alpha value is -2.65. The first-order valence-electron chi connectivity index (χ1n) is 11.1. The van der Waals surface area contributed by atoms with Crippen LogP contribution in [0.4, 0.5) is 17.3 Å². The van der Waals surface area contributed by atoms with Gasteiger partial charge >= 0.3 is 0 Å². The van der Waals surface area contributed by atoms with Crippen LogP contribution in [0.25, 0.3) is 11.3 Å². The summed E-state index contributed by atoms with van der Waals surface area (Å²) >= 11 is 11.7. The molecular weight excluding hydrogens is 454 g/mol. The first-order chi connectivity index (χ1) is 16.0. The predicted molar refractivity (Wildman–Crippen MR) is 138 cm³/mol. The summed E-state index contributed by atoms with van der Waals surface area (Å²) < 4.78 is 0. The maximum absolute atomic E-state index is 6.20. The third kappa shape index (κ3) is 5.30. The average molecular weight is 480 g/mol. The average Bonchev–Trinajstić information content (AvgIpc) is 2.93. The highest BCUT2D eigenvalue weighted by molar-refractivity contribution is 7.80. The smallest absolute Gasteiger partial charge is 0.227 e. The van der Waals surface area contributed by atoms with E-state index in [1.807, 2.05) is 30.6 Å². The van der Waals surface area contributed by atoms with Crippen LogP contribution in [0.5, 0.6) is 0 Å². The first kappa shape index (κ1) is 22.2. The summed E-state index contributed by atoms with van der Waals surface area (Å²) in [5.74, 6) is 0.528. The second kappa shape index (κ2) is 9.69. The molecule has 0 spiro atoms. The number of aromatic nitrogens is 3. The Bertz CT molecular complexity index is 1180. The zero-order chi connectivity index (χ0) is 22.8. The van der Waals surface area contributed by atoms with Crippen molar-refractivity contribution in [2.45, 2.75) is 12.8 Å². The van der Waals surface area contributed by atoms with Gasteiger partial charge in [0.1, 0.15) is 0 Å². The molecule has 0 aliphatic carbocycles. The fourth-order valence-electron chi connectivity index (χ4n) is 4.20. The molecule has 170 valence electrons. The lowest BCUT2D eigenvalue weighted by Gasteiger charge is -2.32. The third-order valence-electron chi connectivity index (χ3n) is 6.09. The van der Waals surface area contributed by atoms with Crippen LogP contribution in [-0.2, 0) is 12.8 Å². The number of piperazine rings is 1. The van der Waals surface area contributed by atoms with E-state index < -0.39 is 0 Å². The molecule has 0 atom stereocenters. The van der Waals surface area contributed by atoms with Crippen molar-refractivity contribution < 1.29 is 0 Å². The fourth-order valence-corrected chi connectivity index (χ4v) is 4.64. The first-order valence-corrected chi connectivity index (χ1v) is 11.9. The highest BCUT2D eigenvalue weighted by Gasteiger charge is 2.20. The Morgan fingerprint density at radius 3 is 2.82 bits per heavy atom. The molecule has 2 aliphatic heterocycles. The lowest BCUT2D eigenvalue weighted by Crippen LogP contribution is -2.45. The molecule has 4 heterocycles. The summed E-state index contributed by atoms with van der Waals surface area (Å²) in [5.41, 5.74) is 5.73. The van der Waals surface area contributed by atoms with E-state index in [4.69, 9.17) is 28.8 Å². The van der Waals surface area contributed by atoms with E-state index >= 15 is 0 Å². The lowest BCUT2D eigenvalue weighted by atomic mass is 10.1. The number of rotatable bonds is 5. The topological polar surface area (TPSA) is 69.2 Å². The standard InChI is InChI=1S/C24H26ClN7S/c1-31-6-8-32(9-7-31)5-4-16-10-19(15-26-13-16)28-24-27-14-17-11-22(33)29-21-12-18(25)2-3-20(21)23(17)30-24/h2-3,10,12-15H,4-9,11H2,1H3,(H,29,33)(H,27,28,30). The Kier molecular flexibility index (Phi) is 6.50. The summed E-state index contributed by atoms with van der Waals surface area (Å²) in [6.45, 7) is 5.54. The molecule has 0 amide bonds. The van der Waals surface area contributed by atoms with Crippen molar-refractivity contribution in [3.05, 3.63) is 59.0 Å². The molecule has 1 saturated heterocycles. The maximum atomic E-state index is 6.20. The van der Waals surface area contributed by atoms with E-state index in [0.717, 1.165) is 72.3 Å². The summed E-state index contributed by atoms with van der Waals surface area (Å²) in [6, 6.07) is 7.84. The van der Waals surface area contributed by atoms with E-state index in [-0.39, 0.29) is 0 Å². The molecule has 3 aromatic rings. The van der Waals surface area contributed by atoms with Crippen LogP contribution in [-0.4, -0.2) is 69.5 Å². The molecule has 9 heteroatoms.